The molecule has 0 saturated heterocycles. The van der Waals surface area contributed by atoms with Gasteiger partial charge >= 0.3 is 0 Å². The minimum atomic E-state index is -0.219. The van der Waals surface area contributed by atoms with Gasteiger partial charge in [-0.15, -0.1) is 0 Å². The fourth-order valence-corrected chi connectivity index (χ4v) is 1.53. The molecule has 1 heteroatoms. The van der Waals surface area contributed by atoms with Crippen molar-refractivity contribution in [2.45, 2.75) is 13.3 Å². The number of hydrogen-bond donors (Lipinski definition) is 0. The van der Waals surface area contributed by atoms with Gasteiger partial charge in [0.25, 0.3) is 0 Å². The van der Waals surface area contributed by atoms with E-state index in [1.165, 1.54) is 17.7 Å². The maximum Gasteiger partial charge on any atom is 0.123 e. The van der Waals surface area contributed by atoms with Gasteiger partial charge in [0, 0.05) is 0 Å². The second-order valence-corrected chi connectivity index (χ2v) is 3.47. The van der Waals surface area contributed by atoms with Gasteiger partial charge in [-0.2, -0.15) is 0 Å². The van der Waals surface area contributed by atoms with Crippen LogP contribution >= 0.6 is 0 Å². The number of hydrogen-bond acceptors (Lipinski definition) is 0. The van der Waals surface area contributed by atoms with Crippen LogP contribution in [0.4, 0.5) is 4.39 Å². The lowest BCUT2D eigenvalue weighted by atomic mass is 10.0. The Morgan fingerprint density at radius 1 is 1.13 bits per heavy atom. The maximum absolute atomic E-state index is 13.0. The average Bonchev–Trinajstić information content (AvgIpc) is 2.29. The van der Waals surface area contributed by atoms with Gasteiger partial charge < -0.3 is 0 Å². The van der Waals surface area contributed by atoms with E-state index in [0.717, 1.165) is 17.5 Å². The Labute approximate surface area is 89.4 Å². The van der Waals surface area contributed by atoms with Crippen molar-refractivity contribution >= 4 is 0 Å². The molecule has 0 amide bonds. The van der Waals surface area contributed by atoms with Crippen LogP contribution in [0.2, 0.25) is 0 Å². The zero-order chi connectivity index (χ0) is 10.7. The van der Waals surface area contributed by atoms with Crippen molar-refractivity contribution in [1.82, 2.24) is 0 Å². The third kappa shape index (κ3) is 2.24. The minimum Gasteiger partial charge on any atom is -0.207 e. The van der Waals surface area contributed by atoms with Crippen LogP contribution in [0.15, 0.2) is 42.5 Å². The van der Waals surface area contributed by atoms with Crippen molar-refractivity contribution < 1.29 is 4.39 Å². The number of halogens is 1. The Hall–Kier alpha value is -1.63. The number of benzene rings is 2. The first-order chi connectivity index (χ1) is 7.29. The van der Waals surface area contributed by atoms with Crippen LogP contribution in [0.1, 0.15) is 12.5 Å². The first kappa shape index (κ1) is 9.91. The Kier molecular flexibility index (Phi) is 2.82. The van der Waals surface area contributed by atoms with Crippen LogP contribution in [0.3, 0.4) is 0 Å². The standard InChI is InChI=1S/C14H12F/c1-2-11-6-8-12(9-7-11)13-4-3-5-14(15)10-13/h3,5-10H,2H2,1H3. The normalized spacial score (nSPS) is 10.3. The Morgan fingerprint density at radius 2 is 1.87 bits per heavy atom. The van der Waals surface area contributed by atoms with Crippen molar-refractivity contribution in [3.63, 3.8) is 0 Å². The van der Waals surface area contributed by atoms with E-state index in [1.807, 2.05) is 12.1 Å². The molecule has 0 aliphatic rings. The molecule has 2 aromatic carbocycles. The lowest BCUT2D eigenvalue weighted by Crippen LogP contribution is -1.82. The second-order valence-electron chi connectivity index (χ2n) is 3.47. The molecular weight excluding hydrogens is 187 g/mol. The Balaban J connectivity index is 2.37. The highest BCUT2D eigenvalue weighted by molar-refractivity contribution is 5.62. The summed E-state index contributed by atoms with van der Waals surface area (Å²) in [5.41, 5.74) is 3.10. The molecule has 0 atom stereocenters. The van der Waals surface area contributed by atoms with E-state index in [-0.39, 0.29) is 5.82 Å². The summed E-state index contributed by atoms with van der Waals surface area (Å²) in [6.45, 7) is 2.11. The summed E-state index contributed by atoms with van der Waals surface area (Å²) in [5, 5.41) is 0. The fraction of sp³-hybridized carbons (Fsp3) is 0.143. The van der Waals surface area contributed by atoms with Crippen molar-refractivity contribution in [2.75, 3.05) is 0 Å². The van der Waals surface area contributed by atoms with Gasteiger partial charge in [-0.05, 0) is 41.3 Å². The summed E-state index contributed by atoms with van der Waals surface area (Å²) in [6, 6.07) is 15.7. The molecule has 1 radical (unpaired) electrons. The molecule has 0 aromatic heterocycles. The lowest BCUT2D eigenvalue weighted by Gasteiger charge is -2.02. The van der Waals surface area contributed by atoms with E-state index >= 15 is 0 Å². The van der Waals surface area contributed by atoms with Crippen LogP contribution in [-0.2, 0) is 6.42 Å². The monoisotopic (exact) mass is 199 g/mol. The summed E-state index contributed by atoms with van der Waals surface area (Å²) < 4.78 is 13.0. The molecule has 2 aromatic rings. The molecule has 0 spiro atoms. The van der Waals surface area contributed by atoms with E-state index in [9.17, 15) is 4.39 Å². The van der Waals surface area contributed by atoms with E-state index in [1.54, 1.807) is 6.07 Å². The van der Waals surface area contributed by atoms with Crippen molar-refractivity contribution in [3.05, 3.63) is 59.9 Å². The second kappa shape index (κ2) is 4.26. The van der Waals surface area contributed by atoms with Gasteiger partial charge in [-0.1, -0.05) is 37.3 Å². The maximum atomic E-state index is 13.0. The molecule has 0 N–H and O–H groups in total. The lowest BCUT2D eigenvalue weighted by molar-refractivity contribution is 0.628. The molecule has 2 rings (SSSR count). The van der Waals surface area contributed by atoms with Crippen LogP contribution in [-0.4, -0.2) is 0 Å². The van der Waals surface area contributed by atoms with Crippen molar-refractivity contribution in [2.24, 2.45) is 0 Å². The molecule has 0 nitrogen and oxygen atoms in total. The number of aryl methyl sites for hydroxylation is 1. The fourth-order valence-electron chi connectivity index (χ4n) is 1.53. The highest BCUT2D eigenvalue weighted by Crippen LogP contribution is 2.20. The molecule has 0 bridgehead atoms. The zero-order valence-corrected chi connectivity index (χ0v) is 8.63. The molecule has 0 heterocycles. The molecule has 0 fully saturated rings. The summed E-state index contributed by atoms with van der Waals surface area (Å²) in [4.78, 5) is 0. The van der Waals surface area contributed by atoms with E-state index in [4.69, 9.17) is 0 Å². The molecule has 0 saturated carbocycles. The summed E-state index contributed by atoms with van der Waals surface area (Å²) >= 11 is 0. The summed E-state index contributed by atoms with van der Waals surface area (Å²) in [7, 11) is 0. The van der Waals surface area contributed by atoms with Gasteiger partial charge in [0.05, 0.1) is 0 Å². The van der Waals surface area contributed by atoms with Crippen LogP contribution in [0.5, 0.6) is 0 Å². The summed E-state index contributed by atoms with van der Waals surface area (Å²) in [6.07, 6.45) is 1.02. The van der Waals surface area contributed by atoms with Gasteiger partial charge in [-0.25, -0.2) is 4.39 Å². The highest BCUT2D eigenvalue weighted by Gasteiger charge is 1.99. The third-order valence-corrected chi connectivity index (χ3v) is 2.44. The largest absolute Gasteiger partial charge is 0.207 e. The minimum absolute atomic E-state index is 0.219. The summed E-state index contributed by atoms with van der Waals surface area (Å²) in [5.74, 6) is -0.219. The third-order valence-electron chi connectivity index (χ3n) is 2.44. The van der Waals surface area contributed by atoms with Crippen LogP contribution in [0, 0.1) is 11.9 Å². The smallest absolute Gasteiger partial charge is 0.123 e. The Morgan fingerprint density at radius 3 is 2.47 bits per heavy atom. The Bertz CT molecular complexity index is 443. The predicted octanol–water partition coefficient (Wildman–Crippen LogP) is 3.86. The first-order valence-electron chi connectivity index (χ1n) is 5.06. The van der Waals surface area contributed by atoms with Gasteiger partial charge in [0.15, 0.2) is 0 Å². The topological polar surface area (TPSA) is 0 Å². The van der Waals surface area contributed by atoms with Crippen molar-refractivity contribution in [3.8, 4) is 11.1 Å². The van der Waals surface area contributed by atoms with Crippen molar-refractivity contribution in [1.29, 1.82) is 0 Å². The molecule has 0 unspecified atom stereocenters. The van der Waals surface area contributed by atoms with Gasteiger partial charge in [0.1, 0.15) is 5.82 Å². The molecule has 0 aliphatic carbocycles. The van der Waals surface area contributed by atoms with Gasteiger partial charge in [0.2, 0.25) is 0 Å². The SMILES string of the molecule is CCc1ccc(-c2[c]ccc(F)c2)cc1. The van der Waals surface area contributed by atoms with Crippen LogP contribution in [0.25, 0.3) is 11.1 Å². The molecule has 0 aliphatic heterocycles. The molecule has 15 heavy (non-hydrogen) atoms. The number of rotatable bonds is 2. The predicted molar refractivity (Wildman–Crippen MR) is 60.1 cm³/mol. The van der Waals surface area contributed by atoms with E-state index < -0.39 is 0 Å². The molecule has 75 valence electrons. The van der Waals surface area contributed by atoms with E-state index in [0.29, 0.717) is 0 Å². The van der Waals surface area contributed by atoms with E-state index in [2.05, 4.69) is 25.1 Å². The highest BCUT2D eigenvalue weighted by atomic mass is 19.1. The van der Waals surface area contributed by atoms with Gasteiger partial charge in [-0.3, -0.25) is 0 Å². The zero-order valence-electron chi connectivity index (χ0n) is 8.63. The quantitative estimate of drug-likeness (QED) is 0.689. The first-order valence-corrected chi connectivity index (χ1v) is 5.06. The van der Waals surface area contributed by atoms with Crippen LogP contribution < -0.4 is 0 Å². The molecular formula is C14H12F. The average molecular weight is 199 g/mol.